The van der Waals surface area contributed by atoms with Gasteiger partial charge in [-0.3, -0.25) is 4.79 Å². The van der Waals surface area contributed by atoms with E-state index in [4.69, 9.17) is 11.6 Å². The van der Waals surface area contributed by atoms with E-state index >= 15 is 0 Å². The van der Waals surface area contributed by atoms with E-state index < -0.39 is 0 Å². The summed E-state index contributed by atoms with van der Waals surface area (Å²) in [5.41, 5.74) is 2.96. The topological polar surface area (TPSA) is 70.7 Å². The Hall–Kier alpha value is -2.05. The molecule has 1 amide bonds. The van der Waals surface area contributed by atoms with Crippen molar-refractivity contribution in [2.75, 3.05) is 11.6 Å². The Morgan fingerprint density at radius 1 is 1.36 bits per heavy atom. The van der Waals surface area contributed by atoms with Gasteiger partial charge in [-0.05, 0) is 37.4 Å². The molecule has 112 valence electrons. The van der Waals surface area contributed by atoms with E-state index in [1.165, 1.54) is 18.0 Å². The summed E-state index contributed by atoms with van der Waals surface area (Å²) in [4.78, 5) is 23.8. The number of aromatic amines is 1. The average Bonchev–Trinajstić information content (AvgIpc) is 2.87. The molecule has 0 atom stereocenters. The Labute approximate surface area is 136 Å². The number of hydrogen-bond acceptors (Lipinski definition) is 4. The van der Waals surface area contributed by atoms with Crippen LogP contribution in [0.2, 0.25) is 5.02 Å². The molecule has 2 N–H and O–H groups in total. The van der Waals surface area contributed by atoms with Crippen molar-refractivity contribution in [1.29, 1.82) is 0 Å². The first-order valence-corrected chi connectivity index (χ1v) is 8.14. The zero-order valence-electron chi connectivity index (χ0n) is 12.0. The number of benzene rings is 1. The van der Waals surface area contributed by atoms with Gasteiger partial charge in [0.1, 0.15) is 0 Å². The Kier molecular flexibility index (Phi) is 4.04. The molecule has 3 aromatic rings. The second kappa shape index (κ2) is 5.98. The highest BCUT2D eigenvalue weighted by Gasteiger charge is 2.14. The summed E-state index contributed by atoms with van der Waals surface area (Å²) in [5, 5.41) is 4.59. The van der Waals surface area contributed by atoms with E-state index in [1.807, 2.05) is 37.4 Å². The SMILES string of the molecule is CSc1ncc(Cl)c(C(=O)Nc2ccc3[nH]c(C)cc3c2)n1. The number of thioether (sulfide) groups is 1. The summed E-state index contributed by atoms with van der Waals surface area (Å²) in [5.74, 6) is -0.352. The number of anilines is 1. The summed E-state index contributed by atoms with van der Waals surface area (Å²) in [7, 11) is 0. The van der Waals surface area contributed by atoms with E-state index in [1.54, 1.807) is 0 Å². The van der Waals surface area contributed by atoms with Crippen LogP contribution in [0.15, 0.2) is 35.6 Å². The van der Waals surface area contributed by atoms with Crippen molar-refractivity contribution in [2.45, 2.75) is 12.1 Å². The zero-order valence-corrected chi connectivity index (χ0v) is 13.5. The van der Waals surface area contributed by atoms with Crippen LogP contribution >= 0.6 is 23.4 Å². The fourth-order valence-corrected chi connectivity index (χ4v) is 2.67. The lowest BCUT2D eigenvalue weighted by Gasteiger charge is -2.07. The van der Waals surface area contributed by atoms with E-state index in [-0.39, 0.29) is 16.6 Å². The standard InChI is InChI=1S/C15H13ClN4OS/c1-8-5-9-6-10(3-4-12(9)18-8)19-14(21)13-11(16)7-17-15(20-13)22-2/h3-7,18H,1-2H3,(H,19,21). The Balaban J connectivity index is 1.89. The third-order valence-corrected chi connectivity index (χ3v) is 3.97. The molecular weight excluding hydrogens is 320 g/mol. The van der Waals surface area contributed by atoms with Crippen LogP contribution in [0.4, 0.5) is 5.69 Å². The first-order valence-electron chi connectivity index (χ1n) is 6.54. The number of rotatable bonds is 3. The molecule has 0 bridgehead atoms. The molecule has 2 heterocycles. The Morgan fingerprint density at radius 3 is 2.95 bits per heavy atom. The van der Waals surface area contributed by atoms with Crippen LogP contribution in [-0.4, -0.2) is 27.1 Å². The largest absolute Gasteiger partial charge is 0.359 e. The number of aryl methyl sites for hydroxylation is 1. The molecule has 0 aliphatic rings. The van der Waals surface area contributed by atoms with Gasteiger partial charge in [-0.25, -0.2) is 9.97 Å². The third kappa shape index (κ3) is 2.93. The highest BCUT2D eigenvalue weighted by Crippen LogP contribution is 2.22. The first kappa shape index (κ1) is 14.9. The number of aromatic nitrogens is 3. The first-order chi connectivity index (χ1) is 10.6. The maximum Gasteiger partial charge on any atom is 0.275 e. The Bertz CT molecular complexity index is 862. The summed E-state index contributed by atoms with van der Waals surface area (Å²) < 4.78 is 0. The van der Waals surface area contributed by atoms with Crippen LogP contribution < -0.4 is 5.32 Å². The van der Waals surface area contributed by atoms with Crippen molar-refractivity contribution in [3.63, 3.8) is 0 Å². The van der Waals surface area contributed by atoms with Crippen molar-refractivity contribution < 1.29 is 4.79 Å². The smallest absolute Gasteiger partial charge is 0.275 e. The number of fused-ring (bicyclic) bond motifs is 1. The minimum atomic E-state index is -0.352. The van der Waals surface area contributed by atoms with Crippen molar-refractivity contribution >= 4 is 45.9 Å². The minimum absolute atomic E-state index is 0.173. The molecule has 22 heavy (non-hydrogen) atoms. The minimum Gasteiger partial charge on any atom is -0.359 e. The predicted octanol–water partition coefficient (Wildman–Crippen LogP) is 3.89. The molecule has 0 spiro atoms. The van der Waals surface area contributed by atoms with E-state index in [2.05, 4.69) is 20.3 Å². The van der Waals surface area contributed by atoms with Crippen LogP contribution in [0.3, 0.4) is 0 Å². The van der Waals surface area contributed by atoms with Crippen LogP contribution in [-0.2, 0) is 0 Å². The lowest BCUT2D eigenvalue weighted by molar-refractivity contribution is 0.102. The number of nitrogens with zero attached hydrogens (tertiary/aromatic N) is 2. The molecule has 1 aromatic carbocycles. The molecule has 5 nitrogen and oxygen atoms in total. The van der Waals surface area contributed by atoms with Gasteiger partial charge in [-0.15, -0.1) is 0 Å². The van der Waals surface area contributed by atoms with Crippen molar-refractivity contribution in [3.05, 3.63) is 46.9 Å². The Morgan fingerprint density at radius 2 is 2.18 bits per heavy atom. The number of H-pyrrole nitrogens is 1. The van der Waals surface area contributed by atoms with E-state index in [0.717, 1.165) is 16.6 Å². The number of amides is 1. The van der Waals surface area contributed by atoms with Crippen LogP contribution in [0.25, 0.3) is 10.9 Å². The lowest BCUT2D eigenvalue weighted by atomic mass is 10.2. The molecule has 0 aliphatic heterocycles. The second-order valence-electron chi connectivity index (χ2n) is 4.76. The molecule has 0 saturated carbocycles. The molecular formula is C15H13ClN4OS. The van der Waals surface area contributed by atoms with Gasteiger partial charge in [0.05, 0.1) is 11.2 Å². The normalized spacial score (nSPS) is 10.9. The third-order valence-electron chi connectivity index (χ3n) is 3.13. The lowest BCUT2D eigenvalue weighted by Crippen LogP contribution is -2.15. The molecule has 0 aliphatic carbocycles. The van der Waals surface area contributed by atoms with Gasteiger partial charge in [0.2, 0.25) is 0 Å². The second-order valence-corrected chi connectivity index (χ2v) is 5.94. The van der Waals surface area contributed by atoms with Crippen molar-refractivity contribution in [1.82, 2.24) is 15.0 Å². The van der Waals surface area contributed by atoms with Gasteiger partial charge in [0.25, 0.3) is 5.91 Å². The molecule has 0 fully saturated rings. The van der Waals surface area contributed by atoms with Crippen LogP contribution in [0, 0.1) is 6.92 Å². The average molecular weight is 333 g/mol. The molecule has 3 rings (SSSR count). The van der Waals surface area contributed by atoms with Crippen molar-refractivity contribution in [2.24, 2.45) is 0 Å². The van der Waals surface area contributed by atoms with Gasteiger partial charge in [-0.1, -0.05) is 23.4 Å². The summed E-state index contributed by atoms with van der Waals surface area (Å²) in [6, 6.07) is 7.68. The number of carbonyl (C=O) groups excluding carboxylic acids is 1. The molecule has 0 saturated heterocycles. The maximum atomic E-state index is 12.3. The highest BCUT2D eigenvalue weighted by molar-refractivity contribution is 7.98. The van der Waals surface area contributed by atoms with Crippen LogP contribution in [0.1, 0.15) is 16.2 Å². The molecule has 7 heteroatoms. The predicted molar refractivity (Wildman–Crippen MR) is 89.8 cm³/mol. The van der Waals surface area contributed by atoms with E-state index in [9.17, 15) is 4.79 Å². The molecule has 2 aromatic heterocycles. The van der Waals surface area contributed by atoms with Gasteiger partial charge in [0, 0.05) is 22.3 Å². The zero-order chi connectivity index (χ0) is 15.7. The number of nitrogens with one attached hydrogen (secondary N) is 2. The van der Waals surface area contributed by atoms with Gasteiger partial charge >= 0.3 is 0 Å². The number of hydrogen-bond donors (Lipinski definition) is 2. The fraction of sp³-hybridized carbons (Fsp3) is 0.133. The maximum absolute atomic E-state index is 12.3. The van der Waals surface area contributed by atoms with Crippen LogP contribution in [0.5, 0.6) is 0 Å². The monoisotopic (exact) mass is 332 g/mol. The van der Waals surface area contributed by atoms with Crippen molar-refractivity contribution in [3.8, 4) is 0 Å². The number of halogens is 1. The summed E-state index contributed by atoms with van der Waals surface area (Å²) >= 11 is 7.37. The van der Waals surface area contributed by atoms with Gasteiger partial charge in [0.15, 0.2) is 10.9 Å². The van der Waals surface area contributed by atoms with Gasteiger partial charge < -0.3 is 10.3 Å². The summed E-state index contributed by atoms with van der Waals surface area (Å²) in [6.07, 6.45) is 3.28. The summed E-state index contributed by atoms with van der Waals surface area (Å²) in [6.45, 7) is 1.99. The fourth-order valence-electron chi connectivity index (χ4n) is 2.15. The molecule has 0 radical (unpaired) electrons. The van der Waals surface area contributed by atoms with Gasteiger partial charge in [-0.2, -0.15) is 0 Å². The highest BCUT2D eigenvalue weighted by atomic mass is 35.5. The molecule has 0 unspecified atom stereocenters. The number of carbonyl (C=O) groups is 1. The van der Waals surface area contributed by atoms with E-state index in [0.29, 0.717) is 10.8 Å². The quantitative estimate of drug-likeness (QED) is 0.564.